The molecule has 0 fully saturated rings. The van der Waals surface area contributed by atoms with Gasteiger partial charge in [0.1, 0.15) is 11.5 Å². The first kappa shape index (κ1) is 19.5. The third kappa shape index (κ3) is 3.98. The van der Waals surface area contributed by atoms with Crippen LogP contribution in [0.2, 0.25) is 0 Å². The lowest BCUT2D eigenvalue weighted by molar-refractivity contribution is 0.0940. The van der Waals surface area contributed by atoms with Gasteiger partial charge in [-0.3, -0.25) is 9.78 Å². The highest BCUT2D eigenvalue weighted by molar-refractivity contribution is 6.00. The maximum Gasteiger partial charge on any atom is 0.255 e. The van der Waals surface area contributed by atoms with Gasteiger partial charge in [-0.1, -0.05) is 48.0 Å². The predicted molar refractivity (Wildman–Crippen MR) is 114 cm³/mol. The average Bonchev–Trinajstić information content (AvgIpc) is 3.21. The summed E-state index contributed by atoms with van der Waals surface area (Å²) in [4.78, 5) is 16.9. The largest absolute Gasteiger partial charge is 0.345 e. The number of hydrogen-bond acceptors (Lipinski definition) is 3. The summed E-state index contributed by atoms with van der Waals surface area (Å²) in [5, 5.41) is 7.55. The summed E-state index contributed by atoms with van der Waals surface area (Å²) < 4.78 is 15.8. The zero-order valence-electron chi connectivity index (χ0n) is 16.7. The van der Waals surface area contributed by atoms with Gasteiger partial charge in [-0.05, 0) is 32.0 Å². The van der Waals surface area contributed by atoms with E-state index in [1.807, 2.05) is 61.5 Å². The van der Waals surface area contributed by atoms with Gasteiger partial charge in [0, 0.05) is 23.5 Å². The molecule has 0 bridgehead atoms. The monoisotopic (exact) mass is 400 g/mol. The summed E-state index contributed by atoms with van der Waals surface area (Å²) >= 11 is 0. The number of carbonyl (C=O) groups excluding carboxylic acids is 1. The van der Waals surface area contributed by atoms with E-state index in [4.69, 9.17) is 0 Å². The van der Waals surface area contributed by atoms with Crippen molar-refractivity contribution in [2.75, 3.05) is 0 Å². The minimum Gasteiger partial charge on any atom is -0.345 e. The molecule has 150 valence electrons. The summed E-state index contributed by atoms with van der Waals surface area (Å²) in [6.45, 7) is 3.75. The van der Waals surface area contributed by atoms with Gasteiger partial charge in [-0.25, -0.2) is 9.07 Å². The highest BCUT2D eigenvalue weighted by Gasteiger charge is 2.21. The Bertz CT molecular complexity index is 1170. The standard InChI is InChI=1S/C24H21FN4O/c1-16-8-10-19(11-9-16)29-15-21(23(28-29)18-6-4-3-5-7-18)24(30)27-17(2)20-12-13-26-14-22(20)25/h3-15,17H,1-2H3,(H,27,30)/t17-/m1/s1. The van der Waals surface area contributed by atoms with Gasteiger partial charge in [0.2, 0.25) is 0 Å². The van der Waals surface area contributed by atoms with Crippen LogP contribution < -0.4 is 5.32 Å². The van der Waals surface area contributed by atoms with Gasteiger partial charge in [-0.15, -0.1) is 0 Å². The van der Waals surface area contributed by atoms with Crippen molar-refractivity contribution in [3.05, 3.63) is 102 Å². The van der Waals surface area contributed by atoms with E-state index in [2.05, 4.69) is 15.4 Å². The highest BCUT2D eigenvalue weighted by Crippen LogP contribution is 2.25. The van der Waals surface area contributed by atoms with Crippen molar-refractivity contribution in [2.45, 2.75) is 19.9 Å². The minimum absolute atomic E-state index is 0.323. The second kappa shape index (κ2) is 8.29. The van der Waals surface area contributed by atoms with Crippen LogP contribution in [0.15, 0.2) is 79.3 Å². The molecule has 0 saturated carbocycles. The van der Waals surface area contributed by atoms with Gasteiger partial charge in [-0.2, -0.15) is 5.10 Å². The summed E-state index contributed by atoms with van der Waals surface area (Å²) in [6, 6.07) is 18.5. The molecule has 2 aromatic heterocycles. The molecule has 1 N–H and O–H groups in total. The molecule has 0 radical (unpaired) electrons. The molecule has 30 heavy (non-hydrogen) atoms. The number of aryl methyl sites for hydroxylation is 1. The van der Waals surface area contributed by atoms with Crippen LogP contribution in [-0.4, -0.2) is 20.7 Å². The van der Waals surface area contributed by atoms with E-state index in [1.54, 1.807) is 23.9 Å². The number of nitrogens with zero attached hydrogens (tertiary/aromatic N) is 3. The van der Waals surface area contributed by atoms with Crippen LogP contribution in [0, 0.1) is 12.7 Å². The lowest BCUT2D eigenvalue weighted by Crippen LogP contribution is -2.27. The summed E-state index contributed by atoms with van der Waals surface area (Å²) in [7, 11) is 0. The molecule has 4 rings (SSSR count). The summed E-state index contributed by atoms with van der Waals surface area (Å²) in [5.41, 5.74) is 4.19. The number of hydrogen-bond donors (Lipinski definition) is 1. The average molecular weight is 400 g/mol. The number of pyridine rings is 1. The molecule has 0 unspecified atom stereocenters. The maximum atomic E-state index is 14.1. The summed E-state index contributed by atoms with van der Waals surface area (Å²) in [6.07, 6.45) is 4.35. The van der Waals surface area contributed by atoms with Crippen LogP contribution in [0.25, 0.3) is 16.9 Å². The molecule has 2 heterocycles. The van der Waals surface area contributed by atoms with Gasteiger partial charge >= 0.3 is 0 Å². The number of rotatable bonds is 5. The topological polar surface area (TPSA) is 59.8 Å². The molecule has 0 spiro atoms. The molecule has 1 amide bonds. The fourth-order valence-electron chi connectivity index (χ4n) is 3.27. The van der Waals surface area contributed by atoms with E-state index in [-0.39, 0.29) is 5.91 Å². The van der Waals surface area contributed by atoms with E-state index in [0.29, 0.717) is 16.8 Å². The first-order chi connectivity index (χ1) is 14.5. The molecule has 4 aromatic rings. The second-order valence-corrected chi connectivity index (χ2v) is 7.13. The quantitative estimate of drug-likeness (QED) is 0.520. The Labute approximate surface area is 174 Å². The van der Waals surface area contributed by atoms with Crippen molar-refractivity contribution in [3.8, 4) is 16.9 Å². The lowest BCUT2D eigenvalue weighted by Gasteiger charge is -2.14. The van der Waals surface area contributed by atoms with Gasteiger partial charge in [0.15, 0.2) is 0 Å². The molecule has 2 aromatic carbocycles. The van der Waals surface area contributed by atoms with Crippen LogP contribution in [0.1, 0.15) is 34.5 Å². The lowest BCUT2D eigenvalue weighted by atomic mass is 10.1. The fraction of sp³-hybridized carbons (Fsp3) is 0.125. The van der Waals surface area contributed by atoms with Crippen LogP contribution in [0.4, 0.5) is 4.39 Å². The Hall–Kier alpha value is -3.80. The summed E-state index contributed by atoms with van der Waals surface area (Å²) in [5.74, 6) is -0.778. The zero-order valence-corrected chi connectivity index (χ0v) is 16.7. The van der Waals surface area contributed by atoms with Gasteiger partial charge in [0.05, 0.1) is 23.5 Å². The molecule has 0 aliphatic heterocycles. The molecule has 0 saturated heterocycles. The zero-order chi connectivity index (χ0) is 21.1. The third-order valence-electron chi connectivity index (χ3n) is 4.92. The normalized spacial score (nSPS) is 11.8. The van der Waals surface area contributed by atoms with Gasteiger partial charge < -0.3 is 5.32 Å². The number of aromatic nitrogens is 3. The Morgan fingerprint density at radius 2 is 1.80 bits per heavy atom. The van der Waals surface area contributed by atoms with E-state index < -0.39 is 11.9 Å². The van der Waals surface area contributed by atoms with E-state index in [0.717, 1.165) is 23.0 Å². The number of nitrogens with one attached hydrogen (secondary N) is 1. The van der Waals surface area contributed by atoms with Crippen molar-refractivity contribution in [1.29, 1.82) is 0 Å². The molecule has 0 aliphatic rings. The minimum atomic E-state index is -0.521. The third-order valence-corrected chi connectivity index (χ3v) is 4.92. The Morgan fingerprint density at radius 1 is 1.07 bits per heavy atom. The molecule has 0 aliphatic carbocycles. The van der Waals surface area contributed by atoms with Crippen molar-refractivity contribution >= 4 is 5.91 Å². The Kier molecular flexibility index (Phi) is 5.39. The number of benzene rings is 2. The van der Waals surface area contributed by atoms with Crippen molar-refractivity contribution < 1.29 is 9.18 Å². The molecule has 5 nitrogen and oxygen atoms in total. The second-order valence-electron chi connectivity index (χ2n) is 7.13. The van der Waals surface area contributed by atoms with Crippen LogP contribution in [0.5, 0.6) is 0 Å². The first-order valence-electron chi connectivity index (χ1n) is 9.65. The Morgan fingerprint density at radius 3 is 2.50 bits per heavy atom. The van der Waals surface area contributed by atoms with E-state index >= 15 is 0 Å². The number of amides is 1. The first-order valence-corrected chi connectivity index (χ1v) is 9.65. The highest BCUT2D eigenvalue weighted by atomic mass is 19.1. The van der Waals surface area contributed by atoms with Crippen LogP contribution in [0.3, 0.4) is 0 Å². The maximum absolute atomic E-state index is 14.1. The fourth-order valence-corrected chi connectivity index (χ4v) is 3.27. The van der Waals surface area contributed by atoms with Crippen molar-refractivity contribution in [3.63, 3.8) is 0 Å². The van der Waals surface area contributed by atoms with Crippen molar-refractivity contribution in [1.82, 2.24) is 20.1 Å². The van der Waals surface area contributed by atoms with Crippen LogP contribution in [-0.2, 0) is 0 Å². The SMILES string of the molecule is Cc1ccc(-n2cc(C(=O)N[C@H](C)c3ccncc3F)c(-c3ccccc3)n2)cc1. The van der Waals surface area contributed by atoms with Crippen LogP contribution >= 0.6 is 0 Å². The molecule has 1 atom stereocenters. The predicted octanol–water partition coefficient (Wildman–Crippen LogP) is 4.87. The van der Waals surface area contributed by atoms with Crippen molar-refractivity contribution in [2.24, 2.45) is 0 Å². The molecular formula is C24H21FN4O. The van der Waals surface area contributed by atoms with Gasteiger partial charge in [0.25, 0.3) is 5.91 Å². The van der Waals surface area contributed by atoms with E-state index in [9.17, 15) is 9.18 Å². The van der Waals surface area contributed by atoms with E-state index in [1.165, 1.54) is 6.20 Å². The molecular weight excluding hydrogens is 379 g/mol. The Balaban J connectivity index is 1.71. The smallest absolute Gasteiger partial charge is 0.255 e. The number of carbonyl (C=O) groups is 1. The molecule has 6 heteroatoms. The number of halogens is 1.